The minimum atomic E-state index is -0.793. The van der Waals surface area contributed by atoms with Gasteiger partial charge in [-0.1, -0.05) is 5.16 Å². The Morgan fingerprint density at radius 2 is 2.10 bits per heavy atom. The quantitative estimate of drug-likeness (QED) is 0.676. The zero-order chi connectivity index (χ0) is 20.2. The average Bonchev–Trinajstić information content (AvgIpc) is 2.97. The first-order valence-electron chi connectivity index (χ1n) is 11.1. The normalized spacial score (nSPS) is 40.3. The summed E-state index contributed by atoms with van der Waals surface area (Å²) in [5.74, 6) is 0.534. The largest absolute Gasteiger partial charge is 0.481 e. The number of rotatable bonds is 6. The summed E-state index contributed by atoms with van der Waals surface area (Å²) in [6.07, 6.45) is 6.79. The van der Waals surface area contributed by atoms with Crippen molar-refractivity contribution < 1.29 is 19.2 Å². The Morgan fingerprint density at radius 3 is 2.76 bits per heavy atom. The van der Waals surface area contributed by atoms with Crippen molar-refractivity contribution in [2.24, 2.45) is 40.9 Å². The van der Waals surface area contributed by atoms with Crippen LogP contribution in [0.2, 0.25) is 0 Å². The lowest BCUT2D eigenvalue weighted by Gasteiger charge is -2.26. The first kappa shape index (κ1) is 19.1. The fourth-order valence-corrected chi connectivity index (χ4v) is 7.27. The van der Waals surface area contributed by atoms with Gasteiger partial charge in [0.25, 0.3) is 0 Å². The Balaban J connectivity index is 1.30. The van der Waals surface area contributed by atoms with Crippen LogP contribution >= 0.6 is 0 Å². The Kier molecular flexibility index (Phi) is 4.68. The lowest BCUT2D eigenvalue weighted by atomic mass is 9.78. The third-order valence-electron chi connectivity index (χ3n) is 8.35. The highest BCUT2D eigenvalue weighted by molar-refractivity contribution is 5.86. The molecule has 3 saturated carbocycles. The summed E-state index contributed by atoms with van der Waals surface area (Å²) in [4.78, 5) is 25.3. The lowest BCUT2D eigenvalue weighted by molar-refractivity contribution is -0.149. The van der Waals surface area contributed by atoms with Gasteiger partial charge in [0.2, 0.25) is 5.91 Å². The van der Waals surface area contributed by atoms with Crippen LogP contribution in [0, 0.1) is 47.8 Å². The molecule has 3 unspecified atom stereocenters. The van der Waals surface area contributed by atoms with Crippen LogP contribution in [0.4, 0.5) is 0 Å². The number of hydrogen-bond acceptors (Lipinski definition) is 5. The zero-order valence-corrected chi connectivity index (χ0v) is 17.0. The molecule has 29 heavy (non-hydrogen) atoms. The molecule has 2 heterocycles. The van der Waals surface area contributed by atoms with E-state index in [2.05, 4.69) is 15.8 Å². The molecule has 4 fully saturated rings. The van der Waals surface area contributed by atoms with Gasteiger partial charge in [-0.05, 0) is 87.6 Å². The summed E-state index contributed by atoms with van der Waals surface area (Å²) < 4.78 is 5.06. The lowest BCUT2D eigenvalue weighted by Crippen LogP contribution is -2.41. The highest BCUT2D eigenvalue weighted by Gasteiger charge is 2.75. The van der Waals surface area contributed by atoms with E-state index in [9.17, 15) is 14.7 Å². The fourth-order valence-electron chi connectivity index (χ4n) is 7.27. The van der Waals surface area contributed by atoms with Crippen molar-refractivity contribution in [3.63, 3.8) is 0 Å². The summed E-state index contributed by atoms with van der Waals surface area (Å²) in [7, 11) is 0. The van der Waals surface area contributed by atoms with Gasteiger partial charge in [0.1, 0.15) is 11.5 Å². The van der Waals surface area contributed by atoms with E-state index in [-0.39, 0.29) is 23.2 Å². The maximum Gasteiger partial charge on any atom is 0.307 e. The summed E-state index contributed by atoms with van der Waals surface area (Å²) >= 11 is 0. The number of hydrogen-bond donors (Lipinski definition) is 3. The summed E-state index contributed by atoms with van der Waals surface area (Å²) in [5, 5.41) is 20.4. The number of nitrogens with one attached hydrogen (secondary N) is 2. The topological polar surface area (TPSA) is 104 Å². The molecule has 1 spiro atoms. The molecule has 3 N–H and O–H groups in total. The van der Waals surface area contributed by atoms with Gasteiger partial charge in [-0.2, -0.15) is 0 Å². The smallest absolute Gasteiger partial charge is 0.307 e. The van der Waals surface area contributed by atoms with E-state index in [1.165, 1.54) is 19.3 Å². The minimum Gasteiger partial charge on any atom is -0.481 e. The number of amides is 1. The average molecular weight is 402 g/mol. The number of aliphatic carboxylic acids is 1. The number of carboxylic acids is 1. The van der Waals surface area contributed by atoms with Gasteiger partial charge in [-0.3, -0.25) is 9.59 Å². The molecule has 1 aliphatic heterocycles. The summed E-state index contributed by atoms with van der Waals surface area (Å²) in [6, 6.07) is 1.80. The molecule has 3 aliphatic carbocycles. The van der Waals surface area contributed by atoms with E-state index in [4.69, 9.17) is 4.52 Å². The Morgan fingerprint density at radius 1 is 1.31 bits per heavy atom. The van der Waals surface area contributed by atoms with Crippen molar-refractivity contribution in [1.29, 1.82) is 0 Å². The number of carbonyl (C=O) groups excluding carboxylic acids is 1. The number of nitrogens with zero attached hydrogens (tertiary/aromatic N) is 1. The Hall–Kier alpha value is -1.89. The van der Waals surface area contributed by atoms with Crippen molar-refractivity contribution >= 4 is 11.9 Å². The third kappa shape index (κ3) is 3.09. The van der Waals surface area contributed by atoms with Crippen molar-refractivity contribution in [2.45, 2.75) is 52.0 Å². The zero-order valence-electron chi connectivity index (χ0n) is 17.0. The second-order valence-electron chi connectivity index (χ2n) is 9.79. The van der Waals surface area contributed by atoms with Crippen LogP contribution in [0.1, 0.15) is 50.0 Å². The van der Waals surface area contributed by atoms with E-state index in [0.29, 0.717) is 29.8 Å². The van der Waals surface area contributed by atoms with Crippen LogP contribution in [0.3, 0.4) is 0 Å². The molecule has 1 saturated heterocycles. The van der Waals surface area contributed by atoms with E-state index in [0.717, 1.165) is 32.4 Å². The molecule has 0 radical (unpaired) electrons. The molecule has 7 atom stereocenters. The number of carbonyl (C=O) groups is 2. The molecular weight excluding hydrogens is 370 g/mol. The molecule has 5 rings (SSSR count). The van der Waals surface area contributed by atoms with Crippen LogP contribution < -0.4 is 10.6 Å². The van der Waals surface area contributed by atoms with Crippen LogP contribution in [0.5, 0.6) is 0 Å². The number of piperidine rings is 1. The molecule has 158 valence electrons. The third-order valence-corrected chi connectivity index (χ3v) is 8.35. The van der Waals surface area contributed by atoms with Crippen molar-refractivity contribution in [3.8, 4) is 0 Å². The van der Waals surface area contributed by atoms with Crippen LogP contribution in [0.15, 0.2) is 10.6 Å². The Bertz CT molecular complexity index is 802. The van der Waals surface area contributed by atoms with Crippen molar-refractivity contribution in [1.82, 2.24) is 15.8 Å². The molecule has 7 heteroatoms. The van der Waals surface area contributed by atoms with Crippen molar-refractivity contribution in [2.75, 3.05) is 13.1 Å². The second kappa shape index (κ2) is 7.11. The molecule has 1 aromatic rings. The molecule has 1 amide bonds. The standard InChI is InChI=1S/C22H31N3O4/c1-12-7-15(25-29-12)11-24-20(26)18-16-4-5-17(19(18)21(27)28)22(16)9-14(22)8-13-3-2-6-23-10-13/h7,13-14,16-19,23H,2-6,8-11H2,1H3,(H,24,26)(H,27,28)/t13?,14?,16-,17+,18+,19+,22?/m0/s1. The maximum atomic E-state index is 13.1. The van der Waals surface area contributed by atoms with Gasteiger partial charge in [-0.15, -0.1) is 0 Å². The van der Waals surface area contributed by atoms with E-state index >= 15 is 0 Å². The van der Waals surface area contributed by atoms with Gasteiger partial charge in [0, 0.05) is 6.07 Å². The molecular formula is C22H31N3O4. The van der Waals surface area contributed by atoms with Crippen LogP contribution in [-0.4, -0.2) is 35.2 Å². The first-order valence-corrected chi connectivity index (χ1v) is 11.1. The second-order valence-corrected chi connectivity index (χ2v) is 9.79. The monoisotopic (exact) mass is 401 g/mol. The van der Waals surface area contributed by atoms with Crippen LogP contribution in [-0.2, 0) is 16.1 Å². The number of aromatic nitrogens is 1. The predicted molar refractivity (Wildman–Crippen MR) is 105 cm³/mol. The number of carboxylic acid groups (broad SMARTS) is 1. The molecule has 1 aromatic heterocycles. The molecule has 2 bridgehead atoms. The maximum absolute atomic E-state index is 13.1. The van der Waals surface area contributed by atoms with Crippen molar-refractivity contribution in [3.05, 3.63) is 17.5 Å². The number of aryl methyl sites for hydroxylation is 1. The van der Waals surface area contributed by atoms with Crippen LogP contribution in [0.25, 0.3) is 0 Å². The predicted octanol–water partition coefficient (Wildman–Crippen LogP) is 2.35. The SMILES string of the molecule is Cc1cc(CNC(=O)[C@H]2[C@H](C(=O)O)[C@H]3CC[C@@H]2C32CC2CC2CCCNC2)no1. The molecule has 0 aromatic carbocycles. The van der Waals surface area contributed by atoms with E-state index in [1.54, 1.807) is 6.07 Å². The summed E-state index contributed by atoms with van der Waals surface area (Å²) in [5.41, 5.74) is 0.780. The van der Waals surface area contributed by atoms with E-state index < -0.39 is 17.8 Å². The van der Waals surface area contributed by atoms with Gasteiger partial charge in [0.15, 0.2) is 0 Å². The molecule has 4 aliphatic rings. The highest BCUT2D eigenvalue weighted by atomic mass is 16.5. The van der Waals surface area contributed by atoms with Gasteiger partial charge < -0.3 is 20.3 Å². The Labute approximate surface area is 171 Å². The van der Waals surface area contributed by atoms with E-state index in [1.807, 2.05) is 6.92 Å². The minimum absolute atomic E-state index is 0.104. The van der Waals surface area contributed by atoms with Gasteiger partial charge in [-0.25, -0.2) is 0 Å². The molecule has 7 nitrogen and oxygen atoms in total. The highest BCUT2D eigenvalue weighted by Crippen LogP contribution is 2.78. The van der Waals surface area contributed by atoms with Gasteiger partial charge >= 0.3 is 5.97 Å². The fraction of sp³-hybridized carbons (Fsp3) is 0.773. The first-order chi connectivity index (χ1) is 14.0. The summed E-state index contributed by atoms with van der Waals surface area (Å²) in [6.45, 7) is 4.31. The van der Waals surface area contributed by atoms with Gasteiger partial charge in [0.05, 0.1) is 18.4 Å².